The number of amides is 1. The zero-order valence-electron chi connectivity index (χ0n) is 9.26. The van der Waals surface area contributed by atoms with E-state index in [9.17, 15) is 4.79 Å². The Bertz CT molecular complexity index is 133. The molecule has 0 rings (SSSR count). The van der Waals surface area contributed by atoms with Gasteiger partial charge in [-0.15, -0.1) is 0 Å². The molecule has 0 saturated carbocycles. The van der Waals surface area contributed by atoms with Crippen LogP contribution in [0.5, 0.6) is 0 Å². The van der Waals surface area contributed by atoms with E-state index in [1.807, 2.05) is 6.92 Å². The molecule has 0 unspecified atom stereocenters. The fourth-order valence-electron chi connectivity index (χ4n) is 0.320. The third kappa shape index (κ3) is 18.3. The molecule has 1 amide bonds. The highest BCUT2D eigenvalue weighted by Gasteiger charge is 1.86. The number of nitrogens with zero attached hydrogens (tertiary/aromatic N) is 1. The molecule has 3 nitrogen and oxygen atoms in total. The van der Waals surface area contributed by atoms with Crippen molar-refractivity contribution in [2.75, 3.05) is 27.2 Å². The van der Waals surface area contributed by atoms with Crippen molar-refractivity contribution in [1.82, 2.24) is 10.2 Å². The summed E-state index contributed by atoms with van der Waals surface area (Å²) in [6, 6.07) is 0. The smallest absolute Gasteiger partial charge is 0.243 e. The van der Waals surface area contributed by atoms with E-state index in [4.69, 9.17) is 0 Å². The van der Waals surface area contributed by atoms with Gasteiger partial charge in [-0.05, 0) is 33.1 Å². The Morgan fingerprint density at radius 3 is 2.15 bits per heavy atom. The third-order valence-corrected chi connectivity index (χ3v) is 1.37. The van der Waals surface area contributed by atoms with Crippen LogP contribution in [0.15, 0.2) is 12.7 Å². The lowest BCUT2D eigenvalue weighted by Crippen LogP contribution is -2.20. The van der Waals surface area contributed by atoms with Crippen molar-refractivity contribution in [1.29, 1.82) is 0 Å². The molecule has 0 spiro atoms. The molecule has 0 saturated heterocycles. The Labute approximate surface area is 81.8 Å². The number of hydrogen-bond acceptors (Lipinski definition) is 2. The molecular weight excluding hydrogens is 164 g/mol. The predicted octanol–water partition coefficient (Wildman–Crippen LogP) is 1.27. The fraction of sp³-hybridized carbons (Fsp3) is 0.700. The summed E-state index contributed by atoms with van der Waals surface area (Å²) in [7, 11) is 4.11. The van der Waals surface area contributed by atoms with Crippen molar-refractivity contribution >= 4 is 5.91 Å². The highest BCUT2D eigenvalue weighted by Crippen LogP contribution is 1.70. The van der Waals surface area contributed by atoms with Crippen LogP contribution in [0.25, 0.3) is 0 Å². The molecule has 0 atom stereocenters. The number of carbonyl (C=O) groups excluding carboxylic acids is 1. The van der Waals surface area contributed by atoms with Gasteiger partial charge in [0, 0.05) is 6.54 Å². The van der Waals surface area contributed by atoms with Crippen molar-refractivity contribution in [2.45, 2.75) is 20.3 Å². The molecule has 0 aromatic carbocycles. The zero-order chi connectivity index (χ0) is 10.7. The first-order chi connectivity index (χ1) is 6.08. The Morgan fingerprint density at radius 1 is 1.46 bits per heavy atom. The first-order valence-electron chi connectivity index (χ1n) is 4.63. The zero-order valence-corrected chi connectivity index (χ0v) is 9.26. The van der Waals surface area contributed by atoms with Crippen LogP contribution in [-0.4, -0.2) is 38.0 Å². The van der Waals surface area contributed by atoms with Crippen LogP contribution < -0.4 is 5.32 Å². The van der Waals surface area contributed by atoms with E-state index in [0.29, 0.717) is 0 Å². The van der Waals surface area contributed by atoms with Gasteiger partial charge in [0.1, 0.15) is 0 Å². The molecule has 0 bridgehead atoms. The Balaban J connectivity index is 0. The van der Waals surface area contributed by atoms with Crippen molar-refractivity contribution in [3.05, 3.63) is 12.7 Å². The van der Waals surface area contributed by atoms with E-state index >= 15 is 0 Å². The molecule has 1 N–H and O–H groups in total. The summed E-state index contributed by atoms with van der Waals surface area (Å²) in [6.45, 7) is 9.31. The van der Waals surface area contributed by atoms with Crippen LogP contribution in [-0.2, 0) is 4.79 Å². The van der Waals surface area contributed by atoms with Gasteiger partial charge >= 0.3 is 0 Å². The van der Waals surface area contributed by atoms with Crippen LogP contribution in [0, 0.1) is 0 Å². The van der Waals surface area contributed by atoms with Crippen LogP contribution in [0.2, 0.25) is 0 Å². The standard InChI is InChI=1S/C6H11NO.C4H11N/c1-3-5-7-6(8)4-2;1-4-5(2)3/h4H,2-3,5H2,1H3,(H,7,8);4H2,1-3H3. The molecule has 78 valence electrons. The quantitative estimate of drug-likeness (QED) is 0.671. The van der Waals surface area contributed by atoms with Crippen molar-refractivity contribution in [2.24, 2.45) is 0 Å². The minimum atomic E-state index is -0.0909. The molecule has 0 aliphatic carbocycles. The molecule has 13 heavy (non-hydrogen) atoms. The molecule has 3 heteroatoms. The molecule has 0 radical (unpaired) electrons. The maximum absolute atomic E-state index is 10.3. The second kappa shape index (κ2) is 11.2. The second-order valence-electron chi connectivity index (χ2n) is 2.89. The Kier molecular flexibility index (Phi) is 12.6. The minimum Gasteiger partial charge on any atom is -0.353 e. The lowest BCUT2D eigenvalue weighted by atomic mass is 10.4. The van der Waals surface area contributed by atoms with Gasteiger partial charge in [0.05, 0.1) is 0 Å². The summed E-state index contributed by atoms with van der Waals surface area (Å²) in [6.07, 6.45) is 2.25. The Morgan fingerprint density at radius 2 is 1.92 bits per heavy atom. The van der Waals surface area contributed by atoms with Gasteiger partial charge in [-0.2, -0.15) is 0 Å². The van der Waals surface area contributed by atoms with Crippen molar-refractivity contribution in [3.8, 4) is 0 Å². The van der Waals surface area contributed by atoms with Gasteiger partial charge in [-0.1, -0.05) is 20.4 Å². The first kappa shape index (κ1) is 14.7. The first-order valence-corrected chi connectivity index (χ1v) is 4.63. The van der Waals surface area contributed by atoms with Crippen molar-refractivity contribution < 1.29 is 4.79 Å². The molecule has 0 aromatic heterocycles. The molecule has 0 heterocycles. The van der Waals surface area contributed by atoms with Gasteiger partial charge in [0.25, 0.3) is 0 Å². The van der Waals surface area contributed by atoms with Gasteiger partial charge in [-0.3, -0.25) is 4.79 Å². The minimum absolute atomic E-state index is 0.0909. The van der Waals surface area contributed by atoms with Crippen LogP contribution >= 0.6 is 0 Å². The van der Waals surface area contributed by atoms with E-state index in [0.717, 1.165) is 19.5 Å². The van der Waals surface area contributed by atoms with E-state index in [2.05, 4.69) is 37.8 Å². The normalized spacial score (nSPS) is 8.69. The van der Waals surface area contributed by atoms with E-state index in [-0.39, 0.29) is 5.91 Å². The van der Waals surface area contributed by atoms with Gasteiger partial charge in [-0.25, -0.2) is 0 Å². The summed E-state index contributed by atoms with van der Waals surface area (Å²) in [4.78, 5) is 12.5. The summed E-state index contributed by atoms with van der Waals surface area (Å²) in [5, 5.41) is 2.62. The van der Waals surface area contributed by atoms with E-state index < -0.39 is 0 Å². The van der Waals surface area contributed by atoms with E-state index in [1.165, 1.54) is 6.08 Å². The second-order valence-corrected chi connectivity index (χ2v) is 2.89. The molecule has 0 aliphatic rings. The maximum atomic E-state index is 10.3. The van der Waals surface area contributed by atoms with Gasteiger partial charge in [0.2, 0.25) is 5.91 Å². The SMILES string of the molecule is C=CC(=O)NCCC.CCN(C)C. The lowest BCUT2D eigenvalue weighted by Gasteiger charge is -2.00. The average molecular weight is 186 g/mol. The highest BCUT2D eigenvalue weighted by molar-refractivity contribution is 5.86. The number of hydrogen-bond donors (Lipinski definition) is 1. The van der Waals surface area contributed by atoms with Gasteiger partial charge in [0.15, 0.2) is 0 Å². The fourth-order valence-corrected chi connectivity index (χ4v) is 0.320. The topological polar surface area (TPSA) is 32.3 Å². The molecule has 0 fully saturated rings. The average Bonchev–Trinajstić information content (AvgIpc) is 2.15. The summed E-state index contributed by atoms with van der Waals surface area (Å²) >= 11 is 0. The van der Waals surface area contributed by atoms with Crippen LogP contribution in [0.4, 0.5) is 0 Å². The Hall–Kier alpha value is -0.830. The monoisotopic (exact) mass is 186 g/mol. The van der Waals surface area contributed by atoms with Crippen molar-refractivity contribution in [3.63, 3.8) is 0 Å². The summed E-state index contributed by atoms with van der Waals surface area (Å²) in [5.74, 6) is -0.0909. The maximum Gasteiger partial charge on any atom is 0.243 e. The van der Waals surface area contributed by atoms with Crippen LogP contribution in [0.3, 0.4) is 0 Å². The van der Waals surface area contributed by atoms with E-state index in [1.54, 1.807) is 0 Å². The number of rotatable bonds is 4. The molecule has 0 aromatic rings. The molecular formula is C10H22N2O. The number of carbonyl (C=O) groups is 1. The predicted molar refractivity (Wildman–Crippen MR) is 57.7 cm³/mol. The number of nitrogens with one attached hydrogen (secondary N) is 1. The largest absolute Gasteiger partial charge is 0.353 e. The summed E-state index contributed by atoms with van der Waals surface area (Å²) < 4.78 is 0. The van der Waals surface area contributed by atoms with Crippen LogP contribution in [0.1, 0.15) is 20.3 Å². The third-order valence-electron chi connectivity index (χ3n) is 1.37. The lowest BCUT2D eigenvalue weighted by molar-refractivity contribution is -0.116. The van der Waals surface area contributed by atoms with Gasteiger partial charge < -0.3 is 10.2 Å². The molecule has 0 aliphatic heterocycles. The highest BCUT2D eigenvalue weighted by atomic mass is 16.1. The summed E-state index contributed by atoms with van der Waals surface area (Å²) in [5.41, 5.74) is 0.